The van der Waals surface area contributed by atoms with Crippen molar-refractivity contribution < 1.29 is 14.4 Å². The molecule has 0 amide bonds. The van der Waals surface area contributed by atoms with Gasteiger partial charge < -0.3 is 25.8 Å². The van der Waals surface area contributed by atoms with Gasteiger partial charge in [0.25, 0.3) is 4.83 Å². The summed E-state index contributed by atoms with van der Waals surface area (Å²) in [6, 6.07) is 19.8. The van der Waals surface area contributed by atoms with Crippen molar-refractivity contribution in [1.82, 2.24) is 25.2 Å². The van der Waals surface area contributed by atoms with Crippen LogP contribution in [-0.2, 0) is 4.74 Å². The predicted molar refractivity (Wildman–Crippen MR) is 237 cm³/mol. The number of benzene rings is 2. The number of aliphatic hydroxyl groups excluding tert-OH is 1. The number of ether oxygens (including phenoxy) is 1. The number of thiazole rings is 2. The molecule has 2 saturated heterocycles. The minimum Gasteiger partial charge on any atom is -0.395 e. The SMILES string of the molecule is CC1(C)[C@@H](c2cc3c(Nc4ccc5scnc5c4)cc[n+](-c4cc(Nc5ccnc6sc(C7=CCN[C@@]78CCOC8)cc56)cc5ncsc45)c3s2)CCN1CCO. The first-order valence-electron chi connectivity index (χ1n) is 19.4. The summed E-state index contributed by atoms with van der Waals surface area (Å²) in [6.07, 6.45) is 8.46. The van der Waals surface area contributed by atoms with Crippen LogP contribution in [0.5, 0.6) is 0 Å². The van der Waals surface area contributed by atoms with Gasteiger partial charge in [0.05, 0.1) is 62.3 Å². The lowest BCUT2D eigenvalue weighted by atomic mass is 9.87. The zero-order valence-corrected chi connectivity index (χ0v) is 34.8. The molecule has 4 N–H and O–H groups in total. The summed E-state index contributed by atoms with van der Waals surface area (Å²) in [4.78, 5) is 21.4. The van der Waals surface area contributed by atoms with E-state index in [2.05, 4.69) is 111 Å². The normalized spacial score (nSPS) is 20.9. The van der Waals surface area contributed by atoms with Gasteiger partial charge in [-0.25, -0.2) is 15.0 Å². The van der Waals surface area contributed by atoms with Crippen molar-refractivity contribution >= 4 is 115 Å². The van der Waals surface area contributed by atoms with Crippen molar-refractivity contribution in [2.45, 2.75) is 43.7 Å². The average Bonchev–Trinajstić information content (AvgIpc) is 4.07. The quantitative estimate of drug-likeness (QED) is 0.106. The van der Waals surface area contributed by atoms with Crippen molar-refractivity contribution in [3.63, 3.8) is 0 Å². The Balaban J connectivity index is 1.01. The topological polar surface area (TPSA) is 111 Å². The van der Waals surface area contributed by atoms with Gasteiger partial charge in [0.2, 0.25) is 5.69 Å². The van der Waals surface area contributed by atoms with Gasteiger partial charge in [-0.1, -0.05) is 17.4 Å². The van der Waals surface area contributed by atoms with E-state index in [-0.39, 0.29) is 17.7 Å². The molecule has 0 saturated carbocycles. The summed E-state index contributed by atoms with van der Waals surface area (Å²) in [5, 5.41) is 23.4. The molecular weight excluding hydrogens is 789 g/mol. The molecule has 288 valence electrons. The minimum absolute atomic E-state index is 0.0832. The van der Waals surface area contributed by atoms with E-state index in [9.17, 15) is 5.11 Å². The van der Waals surface area contributed by atoms with Crippen LogP contribution in [-0.4, -0.2) is 75.5 Å². The van der Waals surface area contributed by atoms with Crippen LogP contribution in [0.2, 0.25) is 0 Å². The first-order chi connectivity index (χ1) is 27.9. The number of likely N-dealkylation sites (tertiary alicyclic amines) is 1. The summed E-state index contributed by atoms with van der Waals surface area (Å²) in [5.74, 6) is 0.335. The molecule has 2 aromatic carbocycles. The molecule has 8 aromatic rings. The smallest absolute Gasteiger partial charge is 0.277 e. The molecule has 2 atom stereocenters. The predicted octanol–water partition coefficient (Wildman–Crippen LogP) is 9.20. The highest BCUT2D eigenvalue weighted by Gasteiger charge is 2.44. The number of thiophene rings is 2. The first kappa shape index (κ1) is 35.8. The van der Waals surface area contributed by atoms with Crippen molar-refractivity contribution in [3.8, 4) is 5.69 Å². The largest absolute Gasteiger partial charge is 0.395 e. The maximum absolute atomic E-state index is 9.87. The molecular formula is C43H41N8O2S4+. The average molecular weight is 830 g/mol. The number of aliphatic hydroxyl groups is 1. The van der Waals surface area contributed by atoms with Crippen LogP contribution in [0.15, 0.2) is 84.1 Å². The maximum atomic E-state index is 9.87. The third-order valence-corrected chi connectivity index (χ3v) is 16.2. The number of β-amino-alcohol motifs (C(OH)–C–C–N with tert-alkyl or cyclic N) is 1. The summed E-state index contributed by atoms with van der Waals surface area (Å²) in [6.45, 7) is 8.82. The van der Waals surface area contributed by atoms with E-state index in [1.54, 1.807) is 34.0 Å². The lowest BCUT2D eigenvalue weighted by Crippen LogP contribution is -2.42. The molecule has 0 aliphatic carbocycles. The van der Waals surface area contributed by atoms with Gasteiger partial charge in [-0.15, -0.1) is 38.6 Å². The van der Waals surface area contributed by atoms with Gasteiger partial charge in [0.15, 0.2) is 6.20 Å². The molecule has 0 unspecified atom stereocenters. The van der Waals surface area contributed by atoms with Crippen molar-refractivity contribution in [1.29, 1.82) is 0 Å². The van der Waals surface area contributed by atoms with Gasteiger partial charge in [-0.2, -0.15) is 0 Å². The number of rotatable bonds is 9. The first-order valence-corrected chi connectivity index (χ1v) is 22.8. The number of hydrogen-bond acceptors (Lipinski definition) is 13. The number of nitrogens with one attached hydrogen (secondary N) is 3. The Morgan fingerprint density at radius 2 is 1.81 bits per heavy atom. The summed E-state index contributed by atoms with van der Waals surface area (Å²) in [5.41, 5.74) is 12.1. The van der Waals surface area contributed by atoms with Crippen molar-refractivity contribution in [3.05, 3.63) is 93.8 Å². The third kappa shape index (κ3) is 5.99. The molecule has 57 heavy (non-hydrogen) atoms. The summed E-state index contributed by atoms with van der Waals surface area (Å²) in [7, 11) is 0. The van der Waals surface area contributed by atoms with Crippen LogP contribution in [0.4, 0.5) is 22.7 Å². The number of anilines is 4. The Morgan fingerprint density at radius 1 is 0.947 bits per heavy atom. The highest BCUT2D eigenvalue weighted by molar-refractivity contribution is 7.20. The van der Waals surface area contributed by atoms with Crippen LogP contribution in [0, 0.1) is 0 Å². The molecule has 3 aliphatic rings. The van der Waals surface area contributed by atoms with E-state index in [1.807, 2.05) is 28.6 Å². The van der Waals surface area contributed by atoms with Gasteiger partial charge in [0.1, 0.15) is 9.53 Å². The fourth-order valence-corrected chi connectivity index (χ4v) is 13.3. The van der Waals surface area contributed by atoms with E-state index < -0.39 is 0 Å². The number of pyridine rings is 2. The molecule has 6 aromatic heterocycles. The molecule has 10 nitrogen and oxygen atoms in total. The number of hydrogen-bond donors (Lipinski definition) is 4. The fraction of sp³-hybridized carbons (Fsp3) is 0.302. The monoisotopic (exact) mass is 829 g/mol. The Kier molecular flexibility index (Phi) is 8.71. The summed E-state index contributed by atoms with van der Waals surface area (Å²) < 4.78 is 10.5. The van der Waals surface area contributed by atoms with Crippen molar-refractivity contribution in [2.24, 2.45) is 0 Å². The Morgan fingerprint density at radius 3 is 2.70 bits per heavy atom. The van der Waals surface area contributed by atoms with Gasteiger partial charge in [0, 0.05) is 76.0 Å². The van der Waals surface area contributed by atoms with Gasteiger partial charge in [-0.05, 0) is 81.3 Å². The Bertz CT molecular complexity index is 2870. The van der Waals surface area contributed by atoms with E-state index >= 15 is 0 Å². The highest BCUT2D eigenvalue weighted by atomic mass is 32.1. The molecule has 1 spiro atoms. The number of fused-ring (bicyclic) bond motifs is 4. The van der Waals surface area contributed by atoms with Crippen LogP contribution in [0.3, 0.4) is 0 Å². The molecule has 2 fully saturated rings. The second kappa shape index (κ2) is 13.9. The lowest BCUT2D eigenvalue weighted by Gasteiger charge is -2.35. The second-order valence-electron chi connectivity index (χ2n) is 15.7. The maximum Gasteiger partial charge on any atom is 0.277 e. The fourth-order valence-electron chi connectivity index (χ4n) is 9.23. The van der Waals surface area contributed by atoms with Crippen LogP contribution in [0.1, 0.15) is 42.4 Å². The van der Waals surface area contributed by atoms with Crippen molar-refractivity contribution in [2.75, 3.05) is 50.1 Å². The zero-order chi connectivity index (χ0) is 38.3. The van der Waals surface area contributed by atoms with Crippen LogP contribution in [0.25, 0.3) is 52.1 Å². The van der Waals surface area contributed by atoms with Crippen LogP contribution < -0.4 is 20.5 Å². The van der Waals surface area contributed by atoms with E-state index in [0.29, 0.717) is 19.1 Å². The Hall–Kier alpha value is -4.38. The Labute approximate surface area is 345 Å². The molecule has 11 rings (SSSR count). The van der Waals surface area contributed by atoms with Gasteiger partial charge >= 0.3 is 0 Å². The highest BCUT2D eigenvalue weighted by Crippen LogP contribution is 2.47. The molecule has 0 bridgehead atoms. The standard InChI is InChI=1S/C43H40N8O2S4/c1-42(2)29(7-12-50(42)14-15-52)37-21-28-32(48-25-3-4-36-33(17-25)45-23-54-36)8-13-51(41(28)57-37)35-19-26(18-34-39(35)55-24-46-34)49-31-6-10-44-40-27(31)20-38(56-40)30-5-11-47-43(30)9-16-53-22-43/h3-6,8,10,13,17-21,23-24,29,47,52H,7,9,11-12,14-16,22H2,1-2H3,(H,44,49)/p+1/t29-,43-/m1/s1. The molecule has 0 radical (unpaired) electrons. The summed E-state index contributed by atoms with van der Waals surface area (Å²) >= 11 is 6.95. The zero-order valence-electron chi connectivity index (χ0n) is 31.5. The number of aromatic nitrogens is 4. The van der Waals surface area contributed by atoms with E-state index in [0.717, 1.165) is 86.9 Å². The lowest BCUT2D eigenvalue weighted by molar-refractivity contribution is -0.562. The van der Waals surface area contributed by atoms with Gasteiger partial charge in [-0.3, -0.25) is 4.90 Å². The molecule has 14 heteroatoms. The van der Waals surface area contributed by atoms with E-state index in [4.69, 9.17) is 14.7 Å². The second-order valence-corrected chi connectivity index (χ2v) is 19.6. The van der Waals surface area contributed by atoms with E-state index in [1.165, 1.54) is 30.2 Å². The molecule has 9 heterocycles. The minimum atomic E-state index is -0.102. The molecule has 3 aliphatic heterocycles. The number of nitrogens with zero attached hydrogens (tertiary/aromatic N) is 5. The third-order valence-electron chi connectivity index (χ3n) is 12.2. The van der Waals surface area contributed by atoms with Crippen LogP contribution >= 0.6 is 45.3 Å².